The van der Waals surface area contributed by atoms with Crippen LogP contribution in [0.5, 0.6) is 0 Å². The average Bonchev–Trinajstić information content (AvgIpc) is 0. The molecule has 0 bridgehead atoms. The predicted octanol–water partition coefficient (Wildman–Crippen LogP) is -0.0100. The molecule has 0 saturated carbocycles. The van der Waals surface area contributed by atoms with Gasteiger partial charge in [-0.25, -0.2) is 0 Å². The van der Waals surface area contributed by atoms with Crippen LogP contribution in [-0.2, 0) is 67.4 Å². The van der Waals surface area contributed by atoms with Crippen molar-refractivity contribution < 1.29 is 67.4 Å². The molecule has 0 fully saturated rings. The van der Waals surface area contributed by atoms with Crippen molar-refractivity contribution in [2.45, 2.75) is 0 Å². The van der Waals surface area contributed by atoms with E-state index in [1.54, 1.807) is 0 Å². The SMILES string of the molecule is [Co].[Co].[Co].[Fe]. The fourth-order valence-corrected chi connectivity index (χ4v) is 0. The normalized spacial score (nSPS) is 0. The second-order valence-corrected chi connectivity index (χ2v) is 0. The molecule has 0 unspecified atom stereocenters. The molecule has 0 amide bonds. The van der Waals surface area contributed by atoms with E-state index < -0.39 is 0 Å². The predicted molar refractivity (Wildman–Crippen MR) is 0 cm³/mol. The zero-order valence-electron chi connectivity index (χ0n) is 1.35. The van der Waals surface area contributed by atoms with E-state index in [1.807, 2.05) is 0 Å². The molecule has 4 heavy (non-hydrogen) atoms. The van der Waals surface area contributed by atoms with Crippen molar-refractivity contribution in [3.05, 3.63) is 0 Å². The molecule has 4 heteroatoms. The first-order valence-electron chi connectivity index (χ1n) is 0. The van der Waals surface area contributed by atoms with E-state index >= 15 is 0 Å². The van der Waals surface area contributed by atoms with E-state index in [-0.39, 0.29) is 67.4 Å². The summed E-state index contributed by atoms with van der Waals surface area (Å²) in [4.78, 5) is 0. The van der Waals surface area contributed by atoms with Crippen LogP contribution in [0.1, 0.15) is 0 Å². The average molecular weight is 233 g/mol. The molecule has 0 N–H and O–H groups in total. The van der Waals surface area contributed by atoms with Crippen molar-refractivity contribution in [2.24, 2.45) is 0 Å². The van der Waals surface area contributed by atoms with Crippen molar-refractivity contribution in [1.29, 1.82) is 0 Å². The van der Waals surface area contributed by atoms with Gasteiger partial charge in [0.15, 0.2) is 0 Å². The summed E-state index contributed by atoms with van der Waals surface area (Å²) in [5.41, 5.74) is 0. The third-order valence-corrected chi connectivity index (χ3v) is 0. The summed E-state index contributed by atoms with van der Waals surface area (Å²) < 4.78 is 0. The summed E-state index contributed by atoms with van der Waals surface area (Å²) in [6.07, 6.45) is 0. The van der Waals surface area contributed by atoms with Gasteiger partial charge in [0, 0.05) is 67.4 Å². The summed E-state index contributed by atoms with van der Waals surface area (Å²) in [6.45, 7) is 0. The molecule has 0 aromatic heterocycles. The molecule has 0 aliphatic carbocycles. The molecule has 0 spiro atoms. The molecule has 0 heterocycles. The Balaban J connectivity index is 0. The topological polar surface area (TPSA) is 0 Å². The minimum atomic E-state index is 0. The first kappa shape index (κ1) is 36.9. The van der Waals surface area contributed by atoms with E-state index in [0.29, 0.717) is 0 Å². The minimum Gasteiger partial charge on any atom is 0 e. The molecule has 0 saturated heterocycles. The Bertz CT molecular complexity index is 3.25. The maximum absolute atomic E-state index is 0. The monoisotopic (exact) mass is 233 g/mol. The maximum Gasteiger partial charge on any atom is 0 e. The van der Waals surface area contributed by atoms with Gasteiger partial charge in [-0.15, -0.1) is 0 Å². The minimum absolute atomic E-state index is 0. The van der Waals surface area contributed by atoms with Crippen LogP contribution >= 0.6 is 0 Å². The third-order valence-electron chi connectivity index (χ3n) is 0. The molecule has 0 aromatic rings. The summed E-state index contributed by atoms with van der Waals surface area (Å²) in [7, 11) is 0. The number of hydrogen-bond acceptors (Lipinski definition) is 0. The first-order chi connectivity index (χ1) is 0. The molecule has 3 radical (unpaired) electrons. The van der Waals surface area contributed by atoms with Crippen LogP contribution in [-0.4, -0.2) is 0 Å². The van der Waals surface area contributed by atoms with Crippen LogP contribution in [0.3, 0.4) is 0 Å². The van der Waals surface area contributed by atoms with Gasteiger partial charge in [0.1, 0.15) is 0 Å². The molecule has 0 aliphatic heterocycles. The quantitative estimate of drug-likeness (QED) is 0.516. The fraction of sp³-hybridized carbons (Fsp3) is 0. The Morgan fingerprint density at radius 3 is 0.500 bits per heavy atom. The van der Waals surface area contributed by atoms with Crippen LogP contribution in [0, 0.1) is 0 Å². The van der Waals surface area contributed by atoms with Gasteiger partial charge in [0.05, 0.1) is 0 Å². The second-order valence-electron chi connectivity index (χ2n) is 0. The Labute approximate surface area is 66.9 Å². The van der Waals surface area contributed by atoms with Crippen molar-refractivity contribution in [3.63, 3.8) is 0 Å². The Morgan fingerprint density at radius 2 is 0.500 bits per heavy atom. The Morgan fingerprint density at radius 1 is 0.500 bits per heavy atom. The number of hydrogen-bond donors (Lipinski definition) is 0. The number of rotatable bonds is 0. The summed E-state index contributed by atoms with van der Waals surface area (Å²) >= 11 is 0. The largest absolute Gasteiger partial charge is 0 e. The van der Waals surface area contributed by atoms with Crippen LogP contribution < -0.4 is 0 Å². The van der Waals surface area contributed by atoms with E-state index in [1.165, 1.54) is 0 Å². The van der Waals surface area contributed by atoms with Crippen molar-refractivity contribution in [1.82, 2.24) is 0 Å². The van der Waals surface area contributed by atoms with E-state index in [0.717, 1.165) is 0 Å². The summed E-state index contributed by atoms with van der Waals surface area (Å²) in [5, 5.41) is 0. The molecule has 0 aromatic carbocycles. The standard InChI is InChI=1S/3Co.Fe. The Kier molecular flexibility index (Phi) is 182. The van der Waals surface area contributed by atoms with Gasteiger partial charge in [-0.1, -0.05) is 0 Å². The molecule has 0 atom stereocenters. The van der Waals surface area contributed by atoms with Gasteiger partial charge in [-0.2, -0.15) is 0 Å². The van der Waals surface area contributed by atoms with Crippen molar-refractivity contribution in [3.8, 4) is 0 Å². The molecular weight excluding hydrogens is 233 g/mol. The van der Waals surface area contributed by atoms with E-state index in [9.17, 15) is 0 Å². The molecular formula is Co3Fe. The van der Waals surface area contributed by atoms with Crippen molar-refractivity contribution in [2.75, 3.05) is 0 Å². The summed E-state index contributed by atoms with van der Waals surface area (Å²) in [6, 6.07) is 0. The van der Waals surface area contributed by atoms with E-state index in [4.69, 9.17) is 0 Å². The smallest absolute Gasteiger partial charge is 0 e. The van der Waals surface area contributed by atoms with Gasteiger partial charge in [-0.05, 0) is 0 Å². The van der Waals surface area contributed by atoms with E-state index in [2.05, 4.69) is 0 Å². The zero-order chi connectivity index (χ0) is 0. The third kappa shape index (κ3) is 8.97. The maximum atomic E-state index is 0. The first-order valence-corrected chi connectivity index (χ1v) is 0. The molecule has 0 nitrogen and oxygen atoms in total. The van der Waals surface area contributed by atoms with Gasteiger partial charge < -0.3 is 0 Å². The Hall–Kier alpha value is 2.04. The van der Waals surface area contributed by atoms with Gasteiger partial charge in [0.2, 0.25) is 0 Å². The molecule has 35 valence electrons. The second kappa shape index (κ2) is 19.8. The fourth-order valence-electron chi connectivity index (χ4n) is 0. The van der Waals surface area contributed by atoms with Crippen LogP contribution in [0.2, 0.25) is 0 Å². The molecule has 0 aliphatic rings. The summed E-state index contributed by atoms with van der Waals surface area (Å²) in [5.74, 6) is 0. The van der Waals surface area contributed by atoms with Crippen LogP contribution in [0.4, 0.5) is 0 Å². The van der Waals surface area contributed by atoms with Gasteiger partial charge in [-0.3, -0.25) is 0 Å². The molecule has 0 rings (SSSR count). The van der Waals surface area contributed by atoms with Gasteiger partial charge in [0.25, 0.3) is 0 Å². The van der Waals surface area contributed by atoms with Crippen LogP contribution in [0.15, 0.2) is 0 Å². The zero-order valence-corrected chi connectivity index (χ0v) is 5.58. The van der Waals surface area contributed by atoms with Crippen LogP contribution in [0.25, 0.3) is 0 Å². The van der Waals surface area contributed by atoms with Crippen molar-refractivity contribution >= 4 is 0 Å². The van der Waals surface area contributed by atoms with Gasteiger partial charge >= 0.3 is 0 Å².